The molecule has 1 saturated heterocycles. The molecule has 1 fully saturated rings. The van der Waals surface area contributed by atoms with Crippen molar-refractivity contribution >= 4 is 34.4 Å². The highest BCUT2D eigenvalue weighted by atomic mass is 35.5. The number of hydrogen-bond acceptors (Lipinski definition) is 6. The van der Waals surface area contributed by atoms with Crippen molar-refractivity contribution in [3.05, 3.63) is 35.0 Å². The van der Waals surface area contributed by atoms with Crippen LogP contribution in [0.15, 0.2) is 29.3 Å². The lowest BCUT2D eigenvalue weighted by molar-refractivity contribution is -0.130. The molecule has 0 radical (unpaired) electrons. The molecule has 0 saturated carbocycles. The fourth-order valence-corrected chi connectivity index (χ4v) is 4.92. The summed E-state index contributed by atoms with van der Waals surface area (Å²) in [5, 5.41) is 8.02. The molecule has 2 unspecified atom stereocenters. The number of aryl methyl sites for hydroxylation is 2. The highest BCUT2D eigenvalue weighted by Crippen LogP contribution is 2.52. The summed E-state index contributed by atoms with van der Waals surface area (Å²) in [6, 6.07) is 0. The molecule has 2 aromatic heterocycles. The normalized spacial score (nSPS) is 26.6. The number of ether oxygens (including phenoxy) is 1. The number of fused-ring (bicyclic) bond motifs is 1. The molecule has 0 spiro atoms. The summed E-state index contributed by atoms with van der Waals surface area (Å²) in [5.41, 5.74) is 6.01. The summed E-state index contributed by atoms with van der Waals surface area (Å²) in [7, 11) is 0. The quantitative estimate of drug-likeness (QED) is 0.723. The van der Waals surface area contributed by atoms with Gasteiger partial charge in [-0.2, -0.15) is 5.10 Å². The van der Waals surface area contributed by atoms with Crippen LogP contribution in [0.3, 0.4) is 0 Å². The van der Waals surface area contributed by atoms with Crippen LogP contribution >= 0.6 is 11.6 Å². The van der Waals surface area contributed by atoms with E-state index in [0.717, 1.165) is 0 Å². The van der Waals surface area contributed by atoms with Crippen LogP contribution in [0.2, 0.25) is 0 Å². The molecule has 1 aliphatic heterocycles. The van der Waals surface area contributed by atoms with Gasteiger partial charge in [0, 0.05) is 19.7 Å². The Morgan fingerprint density at radius 3 is 2.97 bits per heavy atom. The Morgan fingerprint density at radius 1 is 1.47 bits per heavy atom. The maximum Gasteiger partial charge on any atom is 0.224 e. The Bertz CT molecular complexity index is 1050. The molecule has 2 aliphatic rings. The molecule has 8 nitrogen and oxygen atoms in total. The van der Waals surface area contributed by atoms with Crippen LogP contribution in [-0.4, -0.2) is 44.9 Å². The van der Waals surface area contributed by atoms with Crippen molar-refractivity contribution < 1.29 is 13.9 Å². The second-order valence-corrected chi connectivity index (χ2v) is 7.99. The minimum Gasteiger partial charge on any atom is -0.383 e. The number of nitrogens with one attached hydrogen (secondary N) is 1. The minimum atomic E-state index is -1.23. The molecule has 1 amide bonds. The van der Waals surface area contributed by atoms with E-state index in [9.17, 15) is 4.79 Å². The first-order valence-electron chi connectivity index (χ1n) is 9.97. The third kappa shape index (κ3) is 3.16. The molecular weight excluding hydrogens is 411 g/mol. The number of aromatic nitrogens is 4. The topological polar surface area (TPSA) is 108 Å². The van der Waals surface area contributed by atoms with Gasteiger partial charge in [-0.15, -0.1) is 0 Å². The molecule has 3 heterocycles. The zero-order valence-corrected chi connectivity index (χ0v) is 17.6. The van der Waals surface area contributed by atoms with E-state index < -0.39 is 23.3 Å². The van der Waals surface area contributed by atoms with E-state index in [2.05, 4.69) is 20.4 Å². The van der Waals surface area contributed by atoms with E-state index >= 15 is 4.39 Å². The predicted molar refractivity (Wildman–Crippen MR) is 111 cm³/mol. The number of hydrogen-bond donors (Lipinski definition) is 2. The molecule has 2 aromatic rings. The third-order valence-corrected chi connectivity index (χ3v) is 6.32. The summed E-state index contributed by atoms with van der Waals surface area (Å²) in [6.45, 7) is 4.84. The van der Waals surface area contributed by atoms with Gasteiger partial charge in [0.05, 0.1) is 33.5 Å². The maximum absolute atomic E-state index is 15.7. The van der Waals surface area contributed by atoms with Crippen molar-refractivity contribution in [2.24, 2.45) is 11.3 Å². The lowest BCUT2D eigenvalue weighted by Gasteiger charge is -2.43. The number of nitrogens with zero attached hydrogens (tertiary/aromatic N) is 4. The van der Waals surface area contributed by atoms with Gasteiger partial charge in [-0.25, -0.2) is 19.0 Å². The lowest BCUT2D eigenvalue weighted by Crippen LogP contribution is -2.48. The molecular formula is C20H24ClFN6O2. The Balaban J connectivity index is 1.77. The van der Waals surface area contributed by atoms with Crippen LogP contribution in [0.4, 0.5) is 10.2 Å². The number of anilines is 1. The van der Waals surface area contributed by atoms with Gasteiger partial charge >= 0.3 is 0 Å². The van der Waals surface area contributed by atoms with E-state index in [0.29, 0.717) is 48.7 Å². The molecule has 3 N–H and O–H groups in total. The van der Waals surface area contributed by atoms with Crippen molar-refractivity contribution in [1.82, 2.24) is 25.1 Å². The fraction of sp³-hybridized carbons (Fsp3) is 0.500. The van der Waals surface area contributed by atoms with Crippen LogP contribution in [-0.2, 0) is 16.1 Å². The van der Waals surface area contributed by atoms with Crippen molar-refractivity contribution in [2.75, 3.05) is 18.9 Å². The highest BCUT2D eigenvalue weighted by Gasteiger charge is 2.55. The number of rotatable bonds is 6. The molecule has 0 bridgehead atoms. The molecule has 160 valence electrons. The predicted octanol–water partition coefficient (Wildman–Crippen LogP) is 2.62. The number of allylic oxidation sites excluding steroid dienone is 2. The van der Waals surface area contributed by atoms with Gasteiger partial charge in [0.25, 0.3) is 0 Å². The Hall–Kier alpha value is -2.52. The third-order valence-electron chi connectivity index (χ3n) is 6.03. The molecule has 1 aliphatic carbocycles. The summed E-state index contributed by atoms with van der Waals surface area (Å²) >= 11 is 6.22. The van der Waals surface area contributed by atoms with Gasteiger partial charge in [0.1, 0.15) is 18.0 Å². The molecule has 3 atom stereocenters. The second kappa shape index (κ2) is 7.96. The van der Waals surface area contributed by atoms with Crippen molar-refractivity contribution in [3.8, 4) is 0 Å². The minimum absolute atomic E-state index is 0.00118. The van der Waals surface area contributed by atoms with Gasteiger partial charge < -0.3 is 15.8 Å². The largest absolute Gasteiger partial charge is 0.383 e. The Kier molecular flexibility index (Phi) is 5.50. The maximum atomic E-state index is 15.7. The molecule has 30 heavy (non-hydrogen) atoms. The SMILES string of the molecule is CCOC1C=CC(Cl)=C(F)[C@@]1(CCn1nc(C)c2c(N)ncnc21)C1CCNC1=O. The van der Waals surface area contributed by atoms with E-state index in [1.54, 1.807) is 10.8 Å². The van der Waals surface area contributed by atoms with Crippen LogP contribution < -0.4 is 11.1 Å². The number of nitrogens with two attached hydrogens (primary N) is 1. The first-order chi connectivity index (χ1) is 14.4. The Morgan fingerprint density at radius 2 is 2.27 bits per heavy atom. The summed E-state index contributed by atoms with van der Waals surface area (Å²) in [4.78, 5) is 21.0. The van der Waals surface area contributed by atoms with Gasteiger partial charge in [-0.3, -0.25) is 4.79 Å². The molecule has 4 rings (SSSR count). The number of carbonyl (C=O) groups excluding carboxylic acids is 1. The van der Waals surface area contributed by atoms with Crippen LogP contribution in [0, 0.1) is 18.3 Å². The smallest absolute Gasteiger partial charge is 0.224 e. The zero-order valence-electron chi connectivity index (χ0n) is 16.9. The summed E-state index contributed by atoms with van der Waals surface area (Å²) in [6.07, 6.45) is 4.75. The van der Waals surface area contributed by atoms with Crippen molar-refractivity contribution in [3.63, 3.8) is 0 Å². The molecule has 10 heteroatoms. The average Bonchev–Trinajstić information content (AvgIpc) is 3.29. The van der Waals surface area contributed by atoms with Gasteiger partial charge in [0.2, 0.25) is 5.91 Å². The first-order valence-corrected chi connectivity index (χ1v) is 10.3. The lowest BCUT2D eigenvalue weighted by atomic mass is 9.65. The first kappa shape index (κ1) is 20.7. The Labute approximate surface area is 178 Å². The average molecular weight is 435 g/mol. The monoisotopic (exact) mass is 434 g/mol. The number of amides is 1. The van der Waals surface area contributed by atoms with E-state index in [1.807, 2.05) is 13.8 Å². The standard InChI is InChI=1S/C20H24ClFN6O2/c1-3-30-14-5-4-13(21)16(22)20(14,12-6-8-24-19(12)29)7-9-28-18-15(11(2)27-28)17(23)25-10-26-18/h4-5,10,12,14H,3,6-9H2,1-2H3,(H,24,29)(H2,23,25,26)/t12?,14?,20-/m0/s1. The van der Waals surface area contributed by atoms with Crippen molar-refractivity contribution in [1.29, 1.82) is 0 Å². The van der Waals surface area contributed by atoms with Crippen molar-refractivity contribution in [2.45, 2.75) is 39.3 Å². The number of carbonyl (C=O) groups is 1. The van der Waals surface area contributed by atoms with Crippen LogP contribution in [0.1, 0.15) is 25.5 Å². The number of nitrogen functional groups attached to an aromatic ring is 1. The van der Waals surface area contributed by atoms with Gasteiger partial charge in [-0.1, -0.05) is 17.7 Å². The van der Waals surface area contributed by atoms with E-state index in [-0.39, 0.29) is 17.4 Å². The van der Waals surface area contributed by atoms with Gasteiger partial charge in [0.15, 0.2) is 5.65 Å². The van der Waals surface area contributed by atoms with Crippen LogP contribution in [0.5, 0.6) is 0 Å². The fourth-order valence-electron chi connectivity index (χ4n) is 4.67. The van der Waals surface area contributed by atoms with Gasteiger partial charge in [-0.05, 0) is 32.8 Å². The zero-order chi connectivity index (χ0) is 21.5. The van der Waals surface area contributed by atoms with Crippen LogP contribution in [0.25, 0.3) is 11.0 Å². The molecule has 0 aromatic carbocycles. The number of halogens is 2. The summed E-state index contributed by atoms with van der Waals surface area (Å²) in [5.74, 6) is -0.969. The highest BCUT2D eigenvalue weighted by molar-refractivity contribution is 6.31. The summed E-state index contributed by atoms with van der Waals surface area (Å²) < 4.78 is 23.3. The second-order valence-electron chi connectivity index (χ2n) is 7.59. The van der Waals surface area contributed by atoms with E-state index in [4.69, 9.17) is 22.1 Å². The van der Waals surface area contributed by atoms with E-state index in [1.165, 1.54) is 12.4 Å².